The minimum Gasteiger partial charge on any atom is -0.490 e. The SMILES string of the molecule is CC(C)Oc1ccccc1/C=C1/SC(N2CC[NH+](CCC#N)CC2)=NC1=O. The number of nitriles is 1. The molecule has 1 saturated heterocycles. The van der Waals surface area contributed by atoms with Crippen molar-refractivity contribution in [1.29, 1.82) is 5.26 Å². The number of rotatable bonds is 5. The maximum Gasteiger partial charge on any atom is 0.286 e. The zero-order valence-electron chi connectivity index (χ0n) is 15.8. The van der Waals surface area contributed by atoms with Crippen LogP contribution in [-0.2, 0) is 4.79 Å². The Labute approximate surface area is 164 Å². The first-order valence-corrected chi connectivity index (χ1v) is 10.1. The fourth-order valence-corrected chi connectivity index (χ4v) is 4.09. The van der Waals surface area contributed by atoms with Crippen LogP contribution in [0.2, 0.25) is 0 Å². The molecular weight excluding hydrogens is 360 g/mol. The van der Waals surface area contributed by atoms with Crippen LogP contribution in [0.1, 0.15) is 25.8 Å². The third-order valence-electron chi connectivity index (χ3n) is 4.51. The van der Waals surface area contributed by atoms with Gasteiger partial charge in [-0.1, -0.05) is 18.2 Å². The van der Waals surface area contributed by atoms with Gasteiger partial charge in [-0.3, -0.25) is 4.79 Å². The molecule has 2 aliphatic heterocycles. The van der Waals surface area contributed by atoms with E-state index in [1.54, 1.807) is 0 Å². The molecule has 0 radical (unpaired) electrons. The highest BCUT2D eigenvalue weighted by molar-refractivity contribution is 8.18. The van der Waals surface area contributed by atoms with Gasteiger partial charge in [-0.25, -0.2) is 0 Å². The van der Waals surface area contributed by atoms with Gasteiger partial charge in [-0.2, -0.15) is 10.3 Å². The molecule has 2 aliphatic rings. The molecule has 1 amide bonds. The van der Waals surface area contributed by atoms with E-state index in [-0.39, 0.29) is 12.0 Å². The summed E-state index contributed by atoms with van der Waals surface area (Å²) in [6, 6.07) is 9.95. The van der Waals surface area contributed by atoms with Crippen LogP contribution in [0, 0.1) is 11.3 Å². The number of amidine groups is 1. The summed E-state index contributed by atoms with van der Waals surface area (Å²) in [7, 11) is 0. The van der Waals surface area contributed by atoms with E-state index in [2.05, 4.69) is 16.0 Å². The Bertz CT molecular complexity index is 789. The first-order chi connectivity index (χ1) is 13.1. The molecule has 0 atom stereocenters. The van der Waals surface area contributed by atoms with Crippen molar-refractivity contribution in [3.63, 3.8) is 0 Å². The average molecular weight is 386 g/mol. The maximum absolute atomic E-state index is 12.4. The second kappa shape index (κ2) is 9.07. The van der Waals surface area contributed by atoms with Crippen molar-refractivity contribution in [3.8, 4) is 11.8 Å². The molecule has 0 saturated carbocycles. The van der Waals surface area contributed by atoms with Crippen molar-refractivity contribution < 1.29 is 14.4 Å². The summed E-state index contributed by atoms with van der Waals surface area (Å²) >= 11 is 1.44. The Morgan fingerprint density at radius 3 is 2.81 bits per heavy atom. The fraction of sp³-hybridized carbons (Fsp3) is 0.450. The van der Waals surface area contributed by atoms with Crippen molar-refractivity contribution in [2.75, 3.05) is 32.7 Å². The topological polar surface area (TPSA) is 70.1 Å². The predicted octanol–water partition coefficient (Wildman–Crippen LogP) is 1.56. The molecule has 1 aromatic rings. The van der Waals surface area contributed by atoms with E-state index in [1.807, 2.05) is 44.2 Å². The van der Waals surface area contributed by atoms with Crippen molar-refractivity contribution in [2.24, 2.45) is 4.99 Å². The van der Waals surface area contributed by atoms with Crippen LogP contribution < -0.4 is 9.64 Å². The van der Waals surface area contributed by atoms with Crippen LogP contribution in [0.15, 0.2) is 34.2 Å². The normalized spacial score (nSPS) is 19.5. The van der Waals surface area contributed by atoms with E-state index < -0.39 is 0 Å². The minimum absolute atomic E-state index is 0.0723. The molecule has 1 fully saturated rings. The number of ether oxygens (including phenoxy) is 1. The van der Waals surface area contributed by atoms with Crippen LogP contribution in [0.5, 0.6) is 5.75 Å². The Morgan fingerprint density at radius 2 is 2.11 bits per heavy atom. The number of nitrogens with one attached hydrogen (secondary N) is 1. The fourth-order valence-electron chi connectivity index (χ4n) is 3.13. The lowest BCUT2D eigenvalue weighted by Crippen LogP contribution is -3.14. The Kier molecular flexibility index (Phi) is 6.54. The largest absolute Gasteiger partial charge is 0.490 e. The van der Waals surface area contributed by atoms with Crippen molar-refractivity contribution in [2.45, 2.75) is 26.4 Å². The third-order valence-corrected chi connectivity index (χ3v) is 5.55. The highest BCUT2D eigenvalue weighted by atomic mass is 32.2. The van der Waals surface area contributed by atoms with Crippen LogP contribution in [0.3, 0.4) is 0 Å². The quantitative estimate of drug-likeness (QED) is 0.779. The number of piperazine rings is 1. The average Bonchev–Trinajstić information content (AvgIpc) is 3.02. The van der Waals surface area contributed by atoms with Crippen LogP contribution in [-0.4, -0.2) is 54.8 Å². The number of hydrogen-bond donors (Lipinski definition) is 1. The molecule has 0 spiro atoms. The molecule has 7 heteroatoms. The molecule has 142 valence electrons. The minimum atomic E-state index is -0.186. The van der Waals surface area contributed by atoms with Gasteiger partial charge < -0.3 is 14.5 Å². The monoisotopic (exact) mass is 385 g/mol. The number of nitrogens with zero attached hydrogens (tertiary/aromatic N) is 3. The Hall–Kier alpha value is -2.30. The summed E-state index contributed by atoms with van der Waals surface area (Å²) in [6.07, 6.45) is 2.53. The summed E-state index contributed by atoms with van der Waals surface area (Å²) in [5, 5.41) is 9.50. The zero-order chi connectivity index (χ0) is 19.2. The first kappa shape index (κ1) is 19.5. The van der Waals surface area contributed by atoms with E-state index in [9.17, 15) is 4.79 Å². The highest BCUT2D eigenvalue weighted by Gasteiger charge is 2.29. The van der Waals surface area contributed by atoms with Gasteiger partial charge in [0.2, 0.25) is 0 Å². The van der Waals surface area contributed by atoms with Gasteiger partial charge in [0.25, 0.3) is 5.91 Å². The number of benzene rings is 1. The number of amides is 1. The zero-order valence-corrected chi connectivity index (χ0v) is 16.6. The molecule has 1 N–H and O–H groups in total. The van der Waals surface area contributed by atoms with Crippen LogP contribution in [0.25, 0.3) is 6.08 Å². The number of carbonyl (C=O) groups excluding carboxylic acids is 1. The van der Waals surface area contributed by atoms with E-state index in [0.29, 0.717) is 11.3 Å². The van der Waals surface area contributed by atoms with Crippen molar-refractivity contribution in [1.82, 2.24) is 4.90 Å². The van der Waals surface area contributed by atoms with Gasteiger partial charge in [0, 0.05) is 5.56 Å². The molecule has 0 bridgehead atoms. The molecule has 2 heterocycles. The lowest BCUT2D eigenvalue weighted by molar-refractivity contribution is -0.903. The van der Waals surface area contributed by atoms with Gasteiger partial charge in [0.05, 0.1) is 56.2 Å². The standard InChI is InChI=1S/C20H24N4O2S/c1-15(2)26-17-7-4-3-6-16(17)14-18-19(25)22-20(27-18)24-12-10-23(11-13-24)9-5-8-21/h3-4,6-7,14-15H,5,9-13H2,1-2H3/p+1/b18-14+. The van der Waals surface area contributed by atoms with Gasteiger partial charge in [0.1, 0.15) is 5.75 Å². The van der Waals surface area contributed by atoms with Gasteiger partial charge in [-0.15, -0.1) is 0 Å². The number of para-hydroxylation sites is 1. The molecule has 0 aliphatic carbocycles. The van der Waals surface area contributed by atoms with E-state index in [1.165, 1.54) is 16.7 Å². The highest BCUT2D eigenvalue weighted by Crippen LogP contribution is 2.32. The lowest BCUT2D eigenvalue weighted by atomic mass is 10.2. The van der Waals surface area contributed by atoms with Crippen molar-refractivity contribution >= 4 is 28.9 Å². The number of carbonyl (C=O) groups is 1. The van der Waals surface area contributed by atoms with E-state index >= 15 is 0 Å². The van der Waals surface area contributed by atoms with Crippen molar-refractivity contribution in [3.05, 3.63) is 34.7 Å². The second-order valence-corrected chi connectivity index (χ2v) is 7.92. The number of thioether (sulfide) groups is 1. The maximum atomic E-state index is 12.4. The van der Waals surface area contributed by atoms with Crippen LogP contribution in [0.4, 0.5) is 0 Å². The summed E-state index contributed by atoms with van der Waals surface area (Å²) in [4.78, 5) is 20.9. The molecule has 27 heavy (non-hydrogen) atoms. The second-order valence-electron chi connectivity index (χ2n) is 6.91. The molecule has 3 rings (SSSR count). The van der Waals surface area contributed by atoms with E-state index in [4.69, 9.17) is 10.00 Å². The van der Waals surface area contributed by atoms with E-state index in [0.717, 1.165) is 49.2 Å². The number of aliphatic imine (C=N–C) groups is 1. The van der Waals surface area contributed by atoms with Gasteiger partial charge >= 0.3 is 0 Å². The number of hydrogen-bond acceptors (Lipinski definition) is 5. The third kappa shape index (κ3) is 5.12. The summed E-state index contributed by atoms with van der Waals surface area (Å²) in [5.74, 6) is 0.588. The number of quaternary nitrogens is 1. The smallest absolute Gasteiger partial charge is 0.286 e. The Balaban J connectivity index is 1.65. The molecule has 0 unspecified atom stereocenters. The molecular formula is C20H25N4O2S+. The van der Waals surface area contributed by atoms with Crippen LogP contribution >= 0.6 is 11.8 Å². The molecule has 1 aromatic carbocycles. The molecule has 6 nitrogen and oxygen atoms in total. The first-order valence-electron chi connectivity index (χ1n) is 9.30. The summed E-state index contributed by atoms with van der Waals surface area (Å²) < 4.78 is 5.84. The predicted molar refractivity (Wildman–Crippen MR) is 108 cm³/mol. The van der Waals surface area contributed by atoms with Gasteiger partial charge in [-0.05, 0) is 37.8 Å². The Morgan fingerprint density at radius 1 is 1.37 bits per heavy atom. The summed E-state index contributed by atoms with van der Waals surface area (Å²) in [6.45, 7) is 8.53. The molecule has 0 aromatic heterocycles. The van der Waals surface area contributed by atoms with Gasteiger partial charge in [0.15, 0.2) is 5.17 Å². The lowest BCUT2D eigenvalue weighted by Gasteiger charge is -2.32. The summed E-state index contributed by atoms with van der Waals surface area (Å²) in [5.41, 5.74) is 0.893.